The van der Waals surface area contributed by atoms with E-state index in [1.165, 1.54) is 6.20 Å². The van der Waals surface area contributed by atoms with Crippen LogP contribution in [0.5, 0.6) is 11.6 Å². The summed E-state index contributed by atoms with van der Waals surface area (Å²) in [6, 6.07) is 17.8. The fourth-order valence-corrected chi connectivity index (χ4v) is 2.42. The normalized spacial score (nSPS) is 11.1. The van der Waals surface area contributed by atoms with E-state index in [4.69, 9.17) is 9.47 Å². The first-order chi connectivity index (χ1) is 13.2. The minimum absolute atomic E-state index is 0.400. The molecule has 7 nitrogen and oxygen atoms in total. The van der Waals surface area contributed by atoms with E-state index < -0.39 is 6.03 Å². The quantitative estimate of drug-likeness (QED) is 0.752. The van der Waals surface area contributed by atoms with Gasteiger partial charge in [-0.15, -0.1) is 0 Å². The molecule has 1 N–H and O–H groups in total. The van der Waals surface area contributed by atoms with Gasteiger partial charge in [-0.1, -0.05) is 18.2 Å². The molecule has 1 heterocycles. The molecule has 1 aromatic heterocycles. The Balaban J connectivity index is 1.84. The SMILES string of the molecule is CCOc1c/c(=N\C(=O)Nc2ccc(OC)cc2)cnn1-c1ccccc1. The third-order valence-corrected chi connectivity index (χ3v) is 3.65. The summed E-state index contributed by atoms with van der Waals surface area (Å²) in [5.74, 6) is 1.21. The summed E-state index contributed by atoms with van der Waals surface area (Å²) >= 11 is 0. The molecule has 2 amide bonds. The fourth-order valence-electron chi connectivity index (χ4n) is 2.42. The zero-order chi connectivity index (χ0) is 19.1. The van der Waals surface area contributed by atoms with Crippen LogP contribution in [0.3, 0.4) is 0 Å². The summed E-state index contributed by atoms with van der Waals surface area (Å²) in [6.45, 7) is 2.35. The standard InChI is InChI=1S/C20H20N4O3/c1-3-27-19-13-16(14-21-24(19)17-7-5-4-6-8-17)23-20(25)22-15-9-11-18(26-2)12-10-15/h4-14H,3H2,1-2H3,(H,22,25)/b23-16+. The highest BCUT2D eigenvalue weighted by Gasteiger charge is 2.06. The molecule has 0 bridgehead atoms. The predicted molar refractivity (Wildman–Crippen MR) is 102 cm³/mol. The Morgan fingerprint density at radius 2 is 1.89 bits per heavy atom. The van der Waals surface area contributed by atoms with Gasteiger partial charge in [-0.05, 0) is 43.3 Å². The highest BCUT2D eigenvalue weighted by molar-refractivity contribution is 5.90. The summed E-state index contributed by atoms with van der Waals surface area (Å²) in [4.78, 5) is 16.2. The van der Waals surface area contributed by atoms with Gasteiger partial charge in [0.05, 0.1) is 31.0 Å². The van der Waals surface area contributed by atoms with E-state index in [9.17, 15) is 4.79 Å². The predicted octanol–water partition coefficient (Wildman–Crippen LogP) is 3.41. The number of hydrogen-bond acceptors (Lipinski definition) is 4. The number of methoxy groups -OCH3 is 1. The Bertz CT molecular complexity index is 967. The maximum absolute atomic E-state index is 12.2. The highest BCUT2D eigenvalue weighted by atomic mass is 16.5. The van der Waals surface area contributed by atoms with Gasteiger partial charge in [0.25, 0.3) is 0 Å². The molecule has 0 fully saturated rings. The Hall–Kier alpha value is -3.61. The molecule has 0 atom stereocenters. The number of hydrogen-bond donors (Lipinski definition) is 1. The first kappa shape index (κ1) is 18.2. The van der Waals surface area contributed by atoms with Crippen molar-refractivity contribution in [3.05, 3.63) is 72.2 Å². The largest absolute Gasteiger partial charge is 0.497 e. The molecule has 0 aliphatic carbocycles. The first-order valence-electron chi connectivity index (χ1n) is 8.47. The molecular formula is C20H20N4O3. The second-order valence-corrected chi connectivity index (χ2v) is 5.50. The van der Waals surface area contributed by atoms with E-state index in [2.05, 4.69) is 15.4 Å². The van der Waals surface area contributed by atoms with E-state index in [1.807, 2.05) is 37.3 Å². The van der Waals surface area contributed by atoms with Crippen LogP contribution in [-0.2, 0) is 0 Å². The number of amides is 2. The molecule has 0 aliphatic heterocycles. The summed E-state index contributed by atoms with van der Waals surface area (Å²) in [7, 11) is 1.59. The molecule has 2 aromatic carbocycles. The lowest BCUT2D eigenvalue weighted by Gasteiger charge is -2.11. The van der Waals surface area contributed by atoms with Crippen molar-refractivity contribution in [1.82, 2.24) is 9.78 Å². The molecule has 7 heteroatoms. The first-order valence-corrected chi connectivity index (χ1v) is 8.47. The van der Waals surface area contributed by atoms with Gasteiger partial charge in [0.1, 0.15) is 5.75 Å². The molecule has 0 unspecified atom stereocenters. The topological polar surface area (TPSA) is 77.7 Å². The van der Waals surface area contributed by atoms with Crippen LogP contribution in [0.2, 0.25) is 0 Å². The number of benzene rings is 2. The number of aromatic nitrogens is 2. The number of nitrogens with zero attached hydrogens (tertiary/aromatic N) is 3. The number of carbonyl (C=O) groups excluding carboxylic acids is 1. The van der Waals surface area contributed by atoms with Crippen LogP contribution in [0.4, 0.5) is 10.5 Å². The lowest BCUT2D eigenvalue weighted by molar-refractivity contribution is 0.259. The van der Waals surface area contributed by atoms with Crippen molar-refractivity contribution in [3.63, 3.8) is 0 Å². The van der Waals surface area contributed by atoms with E-state index in [0.29, 0.717) is 29.3 Å². The number of nitrogens with one attached hydrogen (secondary N) is 1. The summed E-state index contributed by atoms with van der Waals surface area (Å²) in [5, 5.41) is 7.45. The van der Waals surface area contributed by atoms with Gasteiger partial charge < -0.3 is 14.8 Å². The van der Waals surface area contributed by atoms with Gasteiger partial charge in [-0.25, -0.2) is 9.48 Å². The molecule has 3 aromatic rings. The van der Waals surface area contributed by atoms with Crippen LogP contribution in [0.1, 0.15) is 6.92 Å². The van der Waals surface area contributed by atoms with Crippen LogP contribution in [0, 0.1) is 0 Å². The van der Waals surface area contributed by atoms with Crippen molar-refractivity contribution in [2.24, 2.45) is 4.99 Å². The number of rotatable bonds is 5. The van der Waals surface area contributed by atoms with Crippen molar-refractivity contribution in [3.8, 4) is 17.3 Å². The van der Waals surface area contributed by atoms with Gasteiger partial charge in [0.15, 0.2) is 0 Å². The Labute approximate surface area is 156 Å². The van der Waals surface area contributed by atoms with E-state index in [0.717, 1.165) is 5.69 Å². The van der Waals surface area contributed by atoms with Crippen LogP contribution >= 0.6 is 0 Å². The number of para-hydroxylation sites is 1. The van der Waals surface area contributed by atoms with Crippen molar-refractivity contribution in [1.29, 1.82) is 0 Å². The van der Waals surface area contributed by atoms with E-state index in [1.54, 1.807) is 42.1 Å². The second-order valence-electron chi connectivity index (χ2n) is 5.50. The second kappa shape index (κ2) is 8.66. The van der Waals surface area contributed by atoms with Crippen molar-refractivity contribution in [2.75, 3.05) is 19.0 Å². The van der Waals surface area contributed by atoms with Crippen LogP contribution in [-0.4, -0.2) is 29.5 Å². The fraction of sp³-hybridized carbons (Fsp3) is 0.150. The molecule has 138 valence electrons. The van der Waals surface area contributed by atoms with Crippen molar-refractivity contribution in [2.45, 2.75) is 6.92 Å². The maximum atomic E-state index is 12.2. The van der Waals surface area contributed by atoms with Gasteiger partial charge >= 0.3 is 6.03 Å². The number of ether oxygens (including phenoxy) is 2. The molecular weight excluding hydrogens is 344 g/mol. The van der Waals surface area contributed by atoms with Crippen molar-refractivity contribution >= 4 is 11.7 Å². The Kier molecular flexibility index (Phi) is 5.84. The number of carbonyl (C=O) groups is 1. The molecule has 0 spiro atoms. The molecule has 0 aliphatic rings. The number of urea groups is 1. The monoisotopic (exact) mass is 364 g/mol. The number of anilines is 1. The average molecular weight is 364 g/mol. The van der Waals surface area contributed by atoms with Crippen molar-refractivity contribution < 1.29 is 14.3 Å². The Morgan fingerprint density at radius 3 is 2.56 bits per heavy atom. The molecule has 0 saturated carbocycles. The zero-order valence-electron chi connectivity index (χ0n) is 15.1. The van der Waals surface area contributed by atoms with E-state index >= 15 is 0 Å². The minimum Gasteiger partial charge on any atom is -0.497 e. The van der Waals surface area contributed by atoms with Gasteiger partial charge in [-0.2, -0.15) is 10.1 Å². The lowest BCUT2D eigenvalue weighted by Crippen LogP contribution is -2.17. The van der Waals surface area contributed by atoms with Gasteiger partial charge in [0.2, 0.25) is 5.88 Å². The van der Waals surface area contributed by atoms with Crippen LogP contribution in [0.25, 0.3) is 5.69 Å². The third kappa shape index (κ3) is 4.72. The van der Waals surface area contributed by atoms with E-state index in [-0.39, 0.29) is 0 Å². The minimum atomic E-state index is -0.498. The van der Waals surface area contributed by atoms with Gasteiger partial charge in [0, 0.05) is 11.8 Å². The molecule has 3 rings (SSSR count). The lowest BCUT2D eigenvalue weighted by atomic mass is 10.3. The average Bonchev–Trinajstić information content (AvgIpc) is 2.70. The smallest absolute Gasteiger partial charge is 0.345 e. The van der Waals surface area contributed by atoms with Crippen LogP contribution in [0.15, 0.2) is 71.9 Å². The highest BCUT2D eigenvalue weighted by Crippen LogP contribution is 2.15. The summed E-state index contributed by atoms with van der Waals surface area (Å²) in [5.41, 5.74) is 1.48. The molecule has 0 saturated heterocycles. The third-order valence-electron chi connectivity index (χ3n) is 3.65. The maximum Gasteiger partial charge on any atom is 0.345 e. The zero-order valence-corrected chi connectivity index (χ0v) is 15.1. The Morgan fingerprint density at radius 1 is 1.15 bits per heavy atom. The van der Waals surface area contributed by atoms with Crippen LogP contribution < -0.4 is 20.1 Å². The molecule has 27 heavy (non-hydrogen) atoms. The summed E-state index contributed by atoms with van der Waals surface area (Å²) in [6.07, 6.45) is 1.52. The molecule has 0 radical (unpaired) electrons. The summed E-state index contributed by atoms with van der Waals surface area (Å²) < 4.78 is 12.4. The van der Waals surface area contributed by atoms with Gasteiger partial charge in [-0.3, -0.25) is 0 Å².